The lowest BCUT2D eigenvalue weighted by Crippen LogP contribution is -2.07. The number of aromatic nitrogens is 4. The van der Waals surface area contributed by atoms with E-state index in [1.54, 1.807) is 12.3 Å². The molecule has 1 aliphatic rings. The largest absolute Gasteiger partial charge is 0.322 e. The minimum Gasteiger partial charge on any atom is -0.322 e. The van der Waals surface area contributed by atoms with Crippen molar-refractivity contribution in [2.24, 2.45) is 0 Å². The molecular weight excluding hydrogens is 322 g/mol. The van der Waals surface area contributed by atoms with E-state index in [-0.39, 0.29) is 5.91 Å². The van der Waals surface area contributed by atoms with Gasteiger partial charge in [-0.05, 0) is 31.1 Å². The van der Waals surface area contributed by atoms with E-state index in [1.165, 1.54) is 30.3 Å². The van der Waals surface area contributed by atoms with Crippen molar-refractivity contribution in [1.29, 1.82) is 0 Å². The molecule has 0 aliphatic heterocycles. The van der Waals surface area contributed by atoms with Crippen LogP contribution in [0.1, 0.15) is 29.6 Å². The summed E-state index contributed by atoms with van der Waals surface area (Å²) in [4.78, 5) is 20.6. The smallest absolute Gasteiger partial charge is 0.248 e. The molecule has 4 rings (SSSR count). The Bertz CT molecular complexity index is 880. The number of carbonyl (C=O) groups excluding carboxylic acids is 1. The molecule has 1 amide bonds. The number of hydrogen-bond donors (Lipinski definition) is 2. The Balaban J connectivity index is 1.46. The molecule has 0 bridgehead atoms. The number of hydrogen-bond acceptors (Lipinski definition) is 5. The van der Waals surface area contributed by atoms with Crippen LogP contribution in [0.2, 0.25) is 0 Å². The maximum absolute atomic E-state index is 12.0. The van der Waals surface area contributed by atoms with E-state index < -0.39 is 0 Å². The molecule has 0 radical (unpaired) electrons. The number of thiazole rings is 1. The number of benzene rings is 1. The first-order valence-electron chi connectivity index (χ1n) is 7.69. The van der Waals surface area contributed by atoms with Gasteiger partial charge in [0.2, 0.25) is 5.91 Å². The number of rotatable bonds is 5. The van der Waals surface area contributed by atoms with E-state index in [9.17, 15) is 4.79 Å². The predicted molar refractivity (Wildman–Crippen MR) is 93.6 cm³/mol. The van der Waals surface area contributed by atoms with Crippen LogP contribution < -0.4 is 5.32 Å². The van der Waals surface area contributed by atoms with Crippen molar-refractivity contribution in [1.82, 2.24) is 20.2 Å². The molecule has 24 heavy (non-hydrogen) atoms. The van der Waals surface area contributed by atoms with E-state index in [2.05, 4.69) is 25.5 Å². The van der Waals surface area contributed by atoms with E-state index >= 15 is 0 Å². The standard InChI is InChI=1S/C17H15N5OS/c23-14(6-7-15-18-8-9-24-15)19-13-3-1-2-12(10-13)17-20-16(21-22-17)11-4-5-11/h1-3,6-11H,4-5H2,(H,19,23)(H,20,21,22). The first kappa shape index (κ1) is 14.8. The molecule has 0 unspecified atom stereocenters. The van der Waals surface area contributed by atoms with Gasteiger partial charge in [-0.3, -0.25) is 9.89 Å². The van der Waals surface area contributed by atoms with Gasteiger partial charge in [-0.2, -0.15) is 5.10 Å². The Morgan fingerprint density at radius 2 is 2.29 bits per heavy atom. The fourth-order valence-electron chi connectivity index (χ4n) is 2.33. The number of H-pyrrole nitrogens is 1. The van der Waals surface area contributed by atoms with Crippen molar-refractivity contribution < 1.29 is 4.79 Å². The topological polar surface area (TPSA) is 83.6 Å². The third-order valence-electron chi connectivity index (χ3n) is 3.68. The van der Waals surface area contributed by atoms with Gasteiger partial charge in [-0.1, -0.05) is 12.1 Å². The number of carbonyl (C=O) groups is 1. The second kappa shape index (κ2) is 6.37. The van der Waals surface area contributed by atoms with E-state index in [1.807, 2.05) is 29.6 Å². The van der Waals surface area contributed by atoms with Crippen molar-refractivity contribution >= 4 is 29.0 Å². The molecule has 120 valence electrons. The third kappa shape index (κ3) is 3.41. The summed E-state index contributed by atoms with van der Waals surface area (Å²) >= 11 is 1.48. The maximum Gasteiger partial charge on any atom is 0.248 e. The van der Waals surface area contributed by atoms with Crippen LogP contribution in [0.4, 0.5) is 5.69 Å². The Labute approximate surface area is 142 Å². The number of aromatic amines is 1. The number of anilines is 1. The highest BCUT2D eigenvalue weighted by atomic mass is 32.1. The molecule has 0 spiro atoms. The zero-order valence-corrected chi connectivity index (χ0v) is 13.6. The van der Waals surface area contributed by atoms with Crippen LogP contribution in [-0.2, 0) is 4.79 Å². The minimum atomic E-state index is -0.198. The molecule has 2 N–H and O–H groups in total. The van der Waals surface area contributed by atoms with Crippen LogP contribution >= 0.6 is 11.3 Å². The Morgan fingerprint density at radius 1 is 1.38 bits per heavy atom. The van der Waals surface area contributed by atoms with Crippen LogP contribution in [-0.4, -0.2) is 26.1 Å². The van der Waals surface area contributed by atoms with Gasteiger partial charge in [-0.25, -0.2) is 9.97 Å². The van der Waals surface area contributed by atoms with Crippen LogP contribution in [0, 0.1) is 0 Å². The normalized spacial score (nSPS) is 14.2. The molecule has 1 aromatic carbocycles. The maximum atomic E-state index is 12.0. The van der Waals surface area contributed by atoms with Crippen molar-refractivity contribution in [3.05, 3.63) is 52.8 Å². The number of nitrogens with zero attached hydrogens (tertiary/aromatic N) is 3. The molecule has 2 heterocycles. The highest BCUT2D eigenvalue weighted by Gasteiger charge is 2.27. The van der Waals surface area contributed by atoms with E-state index in [0.29, 0.717) is 17.4 Å². The van der Waals surface area contributed by atoms with Gasteiger partial charge in [0.15, 0.2) is 5.82 Å². The summed E-state index contributed by atoms with van der Waals surface area (Å²) in [5.74, 6) is 1.94. The van der Waals surface area contributed by atoms with Gasteiger partial charge in [0.25, 0.3) is 0 Å². The van der Waals surface area contributed by atoms with Crippen LogP contribution in [0.3, 0.4) is 0 Å². The molecule has 0 saturated heterocycles. The van der Waals surface area contributed by atoms with Gasteiger partial charge < -0.3 is 5.32 Å². The predicted octanol–water partition coefficient (Wildman–Crippen LogP) is 3.46. The quantitative estimate of drug-likeness (QED) is 0.698. The van der Waals surface area contributed by atoms with Crippen molar-refractivity contribution in [2.45, 2.75) is 18.8 Å². The first-order chi connectivity index (χ1) is 11.8. The molecule has 0 atom stereocenters. The molecule has 2 aromatic heterocycles. The number of amides is 1. The molecule has 3 aromatic rings. The Kier molecular flexibility index (Phi) is 3.92. The minimum absolute atomic E-state index is 0.198. The van der Waals surface area contributed by atoms with Crippen LogP contribution in [0.5, 0.6) is 0 Å². The fraction of sp³-hybridized carbons (Fsp3) is 0.176. The highest BCUT2D eigenvalue weighted by Crippen LogP contribution is 2.38. The van der Waals surface area contributed by atoms with Gasteiger partial charge in [0, 0.05) is 34.8 Å². The SMILES string of the molecule is O=C(C=Cc1nccs1)Nc1cccc(-c2n[nH]c(C3CC3)n2)c1. The molecule has 1 aliphatic carbocycles. The molecule has 7 heteroatoms. The molecular formula is C17H15N5OS. The number of nitrogens with one attached hydrogen (secondary N) is 2. The third-order valence-corrected chi connectivity index (χ3v) is 4.42. The highest BCUT2D eigenvalue weighted by molar-refractivity contribution is 7.10. The summed E-state index contributed by atoms with van der Waals surface area (Å²) in [6.45, 7) is 0. The lowest BCUT2D eigenvalue weighted by molar-refractivity contribution is -0.111. The Morgan fingerprint density at radius 3 is 3.08 bits per heavy atom. The van der Waals surface area contributed by atoms with Gasteiger partial charge in [0.05, 0.1) is 0 Å². The second-order valence-electron chi connectivity index (χ2n) is 5.59. The zero-order chi connectivity index (χ0) is 16.4. The first-order valence-corrected chi connectivity index (χ1v) is 8.57. The van der Waals surface area contributed by atoms with E-state index in [4.69, 9.17) is 0 Å². The lowest BCUT2D eigenvalue weighted by Gasteiger charge is -2.03. The monoisotopic (exact) mass is 337 g/mol. The molecule has 6 nitrogen and oxygen atoms in total. The summed E-state index contributed by atoms with van der Waals surface area (Å²) in [6, 6.07) is 7.52. The summed E-state index contributed by atoms with van der Waals surface area (Å²) in [7, 11) is 0. The van der Waals surface area contributed by atoms with Crippen molar-refractivity contribution in [2.75, 3.05) is 5.32 Å². The van der Waals surface area contributed by atoms with Crippen LogP contribution in [0.15, 0.2) is 41.9 Å². The van der Waals surface area contributed by atoms with E-state index in [0.717, 1.165) is 16.4 Å². The second-order valence-corrected chi connectivity index (χ2v) is 6.52. The lowest BCUT2D eigenvalue weighted by atomic mass is 10.2. The molecule has 1 fully saturated rings. The molecule has 1 saturated carbocycles. The van der Waals surface area contributed by atoms with Crippen molar-refractivity contribution in [3.8, 4) is 11.4 Å². The summed E-state index contributed by atoms with van der Waals surface area (Å²) in [6.07, 6.45) is 7.23. The van der Waals surface area contributed by atoms with Crippen LogP contribution in [0.25, 0.3) is 17.5 Å². The van der Waals surface area contributed by atoms with Crippen molar-refractivity contribution in [3.63, 3.8) is 0 Å². The van der Waals surface area contributed by atoms with Gasteiger partial charge in [0.1, 0.15) is 10.8 Å². The average Bonchev–Trinajstić information content (AvgIpc) is 3.12. The zero-order valence-electron chi connectivity index (χ0n) is 12.8. The van der Waals surface area contributed by atoms with Gasteiger partial charge >= 0.3 is 0 Å². The summed E-state index contributed by atoms with van der Waals surface area (Å²) < 4.78 is 0. The van der Waals surface area contributed by atoms with Gasteiger partial charge in [-0.15, -0.1) is 11.3 Å². The fourth-order valence-corrected chi connectivity index (χ4v) is 2.86. The Hall–Kier alpha value is -2.80. The average molecular weight is 337 g/mol. The summed E-state index contributed by atoms with van der Waals surface area (Å²) in [5.41, 5.74) is 1.58. The summed E-state index contributed by atoms with van der Waals surface area (Å²) in [5, 5.41) is 12.8.